The molecule has 1 N–H and O–H groups in total. The molecular weight excluding hydrogens is 356 g/mol. The van der Waals surface area contributed by atoms with Crippen LogP contribution in [-0.4, -0.2) is 25.2 Å². The van der Waals surface area contributed by atoms with Gasteiger partial charge in [0, 0.05) is 29.9 Å². The summed E-state index contributed by atoms with van der Waals surface area (Å²) in [6.07, 6.45) is 6.06. The van der Waals surface area contributed by atoms with Gasteiger partial charge in [0.1, 0.15) is 0 Å². The molecule has 6 heteroatoms. The van der Waals surface area contributed by atoms with Gasteiger partial charge >= 0.3 is 0 Å². The smallest absolute Gasteiger partial charge is 0.248 e. The van der Waals surface area contributed by atoms with Crippen LogP contribution in [-0.2, 0) is 16.0 Å². The molecule has 2 aliphatic heterocycles. The van der Waals surface area contributed by atoms with Crippen LogP contribution in [0.4, 0.5) is 11.4 Å². The van der Waals surface area contributed by atoms with E-state index in [1.807, 2.05) is 41.3 Å². The highest BCUT2D eigenvalue weighted by Crippen LogP contribution is 2.37. The lowest BCUT2D eigenvalue weighted by molar-refractivity contribution is -0.119. The molecule has 142 valence electrons. The number of benzene rings is 2. The van der Waals surface area contributed by atoms with Crippen LogP contribution in [0.2, 0.25) is 0 Å². The number of anilines is 2. The summed E-state index contributed by atoms with van der Waals surface area (Å²) in [6.45, 7) is 0.952. The minimum atomic E-state index is -0.226. The molecule has 5 rings (SSSR count). The van der Waals surface area contributed by atoms with Gasteiger partial charge in [-0.25, -0.2) is 0 Å². The van der Waals surface area contributed by atoms with Crippen LogP contribution >= 0.6 is 0 Å². The molecule has 28 heavy (non-hydrogen) atoms. The molecule has 0 unspecified atom stereocenters. The minimum absolute atomic E-state index is 0.189. The molecule has 6 nitrogen and oxygen atoms in total. The maximum atomic E-state index is 12.5. The molecular formula is C22H20N2O4. The first-order valence-corrected chi connectivity index (χ1v) is 9.50. The standard InChI is InChI=1S/C22H20N2O4/c25-21(8-2-14-1-7-19-20(11-14)28-13-27-19)23-17-6-5-15-9-10-24(18(15)12-17)22(26)16-3-4-16/h1-2,5-8,11-12,16H,3-4,9-10,13H2,(H,23,25)/b8-2+. The van der Waals surface area contributed by atoms with Crippen molar-refractivity contribution in [1.82, 2.24) is 0 Å². The number of nitrogens with one attached hydrogen (secondary N) is 1. The quantitative estimate of drug-likeness (QED) is 0.831. The Kier molecular flexibility index (Phi) is 4.04. The lowest BCUT2D eigenvalue weighted by Gasteiger charge is -2.17. The molecule has 0 atom stereocenters. The molecule has 1 aliphatic carbocycles. The van der Waals surface area contributed by atoms with Gasteiger partial charge in [-0.1, -0.05) is 12.1 Å². The molecule has 1 saturated carbocycles. The van der Waals surface area contributed by atoms with E-state index < -0.39 is 0 Å². The Bertz CT molecular complexity index is 994. The fourth-order valence-electron chi connectivity index (χ4n) is 3.61. The van der Waals surface area contributed by atoms with E-state index in [0.29, 0.717) is 17.2 Å². The van der Waals surface area contributed by atoms with Crippen LogP contribution in [0.1, 0.15) is 24.0 Å². The summed E-state index contributed by atoms with van der Waals surface area (Å²) in [5, 5.41) is 2.88. The van der Waals surface area contributed by atoms with Crippen molar-refractivity contribution >= 4 is 29.3 Å². The first-order valence-electron chi connectivity index (χ1n) is 9.50. The number of nitrogens with zero attached hydrogens (tertiary/aromatic N) is 1. The Balaban J connectivity index is 1.28. The topological polar surface area (TPSA) is 67.9 Å². The third kappa shape index (κ3) is 3.22. The van der Waals surface area contributed by atoms with Crippen molar-refractivity contribution in [1.29, 1.82) is 0 Å². The monoisotopic (exact) mass is 376 g/mol. The van der Waals surface area contributed by atoms with Gasteiger partial charge in [0.05, 0.1) is 0 Å². The highest BCUT2D eigenvalue weighted by atomic mass is 16.7. The zero-order valence-corrected chi connectivity index (χ0v) is 15.3. The van der Waals surface area contributed by atoms with E-state index in [1.165, 1.54) is 6.08 Å². The van der Waals surface area contributed by atoms with E-state index in [9.17, 15) is 9.59 Å². The number of hydrogen-bond donors (Lipinski definition) is 1. The van der Waals surface area contributed by atoms with Crippen molar-refractivity contribution in [2.75, 3.05) is 23.6 Å². The van der Waals surface area contributed by atoms with E-state index >= 15 is 0 Å². The second-order valence-electron chi connectivity index (χ2n) is 7.29. The zero-order chi connectivity index (χ0) is 19.1. The lowest BCUT2D eigenvalue weighted by Crippen LogP contribution is -2.30. The Morgan fingerprint density at radius 1 is 1.07 bits per heavy atom. The number of fused-ring (bicyclic) bond motifs is 2. The van der Waals surface area contributed by atoms with Gasteiger partial charge in [0.25, 0.3) is 0 Å². The summed E-state index contributed by atoms with van der Waals surface area (Å²) in [7, 11) is 0. The molecule has 2 aromatic carbocycles. The Morgan fingerprint density at radius 2 is 1.93 bits per heavy atom. The second kappa shape index (κ2) is 6.71. The molecule has 0 bridgehead atoms. The molecule has 2 aromatic rings. The summed E-state index contributed by atoms with van der Waals surface area (Å²) in [5.74, 6) is 1.57. The van der Waals surface area contributed by atoms with Crippen molar-refractivity contribution in [3.8, 4) is 11.5 Å². The van der Waals surface area contributed by atoms with Gasteiger partial charge in [0.2, 0.25) is 18.6 Å². The van der Waals surface area contributed by atoms with Crippen molar-refractivity contribution in [2.45, 2.75) is 19.3 Å². The normalized spacial score (nSPS) is 17.1. The summed E-state index contributed by atoms with van der Waals surface area (Å²) >= 11 is 0. The number of amides is 2. The van der Waals surface area contributed by atoms with E-state index in [2.05, 4.69) is 5.32 Å². The first-order chi connectivity index (χ1) is 13.7. The number of rotatable bonds is 4. The van der Waals surface area contributed by atoms with Gasteiger partial charge in [-0.3, -0.25) is 9.59 Å². The van der Waals surface area contributed by atoms with Gasteiger partial charge in [-0.05, 0) is 60.7 Å². The first kappa shape index (κ1) is 16.9. The predicted molar refractivity (Wildman–Crippen MR) is 105 cm³/mol. The van der Waals surface area contributed by atoms with Crippen LogP contribution in [0.25, 0.3) is 6.08 Å². The number of carbonyl (C=O) groups excluding carboxylic acids is 2. The number of ether oxygens (including phenoxy) is 2. The van der Waals surface area contributed by atoms with Crippen LogP contribution in [0.15, 0.2) is 42.5 Å². The largest absolute Gasteiger partial charge is 0.454 e. The van der Waals surface area contributed by atoms with Gasteiger partial charge in [-0.15, -0.1) is 0 Å². The fraction of sp³-hybridized carbons (Fsp3) is 0.273. The molecule has 0 saturated heterocycles. The Labute approximate surface area is 162 Å². The maximum Gasteiger partial charge on any atom is 0.248 e. The fourth-order valence-corrected chi connectivity index (χ4v) is 3.61. The van der Waals surface area contributed by atoms with Gasteiger partial charge < -0.3 is 19.7 Å². The summed E-state index contributed by atoms with van der Waals surface area (Å²) in [5.41, 5.74) is 3.63. The third-order valence-electron chi connectivity index (χ3n) is 5.26. The van der Waals surface area contributed by atoms with Gasteiger partial charge in [0.15, 0.2) is 11.5 Å². The van der Waals surface area contributed by atoms with E-state index in [1.54, 1.807) is 6.08 Å². The molecule has 0 spiro atoms. The summed E-state index contributed by atoms with van der Waals surface area (Å²) < 4.78 is 10.6. The van der Waals surface area contributed by atoms with Crippen molar-refractivity contribution in [2.24, 2.45) is 5.92 Å². The van der Waals surface area contributed by atoms with E-state index in [4.69, 9.17) is 9.47 Å². The minimum Gasteiger partial charge on any atom is -0.454 e. The predicted octanol–water partition coefficient (Wildman–Crippen LogP) is 3.37. The molecule has 0 radical (unpaired) electrons. The van der Waals surface area contributed by atoms with Gasteiger partial charge in [-0.2, -0.15) is 0 Å². The average molecular weight is 376 g/mol. The van der Waals surface area contributed by atoms with E-state index in [0.717, 1.165) is 42.6 Å². The van der Waals surface area contributed by atoms with Crippen LogP contribution in [0.3, 0.4) is 0 Å². The second-order valence-corrected chi connectivity index (χ2v) is 7.29. The number of hydrogen-bond acceptors (Lipinski definition) is 4. The van der Waals surface area contributed by atoms with Crippen molar-refractivity contribution in [3.05, 3.63) is 53.6 Å². The SMILES string of the molecule is O=C(/C=C/c1ccc2c(c1)OCO2)Nc1ccc2c(c1)N(C(=O)C1CC1)CC2. The molecule has 0 aromatic heterocycles. The van der Waals surface area contributed by atoms with E-state index in [-0.39, 0.29) is 24.5 Å². The van der Waals surface area contributed by atoms with Crippen molar-refractivity contribution in [3.63, 3.8) is 0 Å². The maximum absolute atomic E-state index is 12.5. The highest BCUT2D eigenvalue weighted by Gasteiger charge is 2.36. The van der Waals surface area contributed by atoms with Crippen LogP contribution < -0.4 is 19.7 Å². The highest BCUT2D eigenvalue weighted by molar-refractivity contribution is 6.03. The Morgan fingerprint density at radius 3 is 2.79 bits per heavy atom. The summed E-state index contributed by atoms with van der Waals surface area (Å²) in [6, 6.07) is 11.3. The summed E-state index contributed by atoms with van der Waals surface area (Å²) in [4.78, 5) is 26.6. The molecule has 2 heterocycles. The number of carbonyl (C=O) groups is 2. The molecule has 1 fully saturated rings. The van der Waals surface area contributed by atoms with Crippen LogP contribution in [0, 0.1) is 5.92 Å². The zero-order valence-electron chi connectivity index (χ0n) is 15.3. The van der Waals surface area contributed by atoms with Crippen molar-refractivity contribution < 1.29 is 19.1 Å². The molecule has 3 aliphatic rings. The third-order valence-corrected chi connectivity index (χ3v) is 5.26. The average Bonchev–Trinajstić information content (AvgIpc) is 3.30. The molecule has 2 amide bonds. The Hall–Kier alpha value is -3.28. The lowest BCUT2D eigenvalue weighted by atomic mass is 10.1. The van der Waals surface area contributed by atoms with Crippen LogP contribution in [0.5, 0.6) is 11.5 Å².